The molecule has 2 aromatic carbocycles. The summed E-state index contributed by atoms with van der Waals surface area (Å²) in [6.07, 6.45) is 0. The number of nitrogens with one attached hydrogen (secondary N) is 1. The van der Waals surface area contributed by atoms with Crippen LogP contribution in [0.4, 0.5) is 5.13 Å². The van der Waals surface area contributed by atoms with E-state index in [9.17, 15) is 4.79 Å². The van der Waals surface area contributed by atoms with Crippen LogP contribution >= 0.6 is 23.1 Å². The molecule has 8 nitrogen and oxygen atoms in total. The number of hydrogen-bond donors (Lipinski definition) is 1. The van der Waals surface area contributed by atoms with E-state index in [-0.39, 0.29) is 11.7 Å². The van der Waals surface area contributed by atoms with Crippen molar-refractivity contribution in [2.45, 2.75) is 18.6 Å². The summed E-state index contributed by atoms with van der Waals surface area (Å²) >= 11 is 2.79. The molecule has 160 valence electrons. The number of nitrogens with zero attached hydrogens (tertiary/aromatic N) is 4. The molecule has 1 N–H and O–H groups in total. The molecule has 4 rings (SSSR count). The highest BCUT2D eigenvalue weighted by Crippen LogP contribution is 2.33. The first kappa shape index (κ1) is 21.1. The number of thiazole rings is 1. The van der Waals surface area contributed by atoms with Crippen LogP contribution < -0.4 is 14.8 Å². The summed E-state index contributed by atoms with van der Waals surface area (Å²) in [4.78, 5) is 16.9. The Kier molecular flexibility index (Phi) is 6.38. The van der Waals surface area contributed by atoms with Crippen LogP contribution in [0.1, 0.15) is 6.92 Å². The third kappa shape index (κ3) is 4.49. The smallest absolute Gasteiger partial charge is 0.236 e. The third-order valence-corrected chi connectivity index (χ3v) is 6.47. The van der Waals surface area contributed by atoms with E-state index in [1.54, 1.807) is 14.2 Å². The van der Waals surface area contributed by atoms with Gasteiger partial charge in [0.05, 0.1) is 30.2 Å². The predicted octanol–water partition coefficient (Wildman–Crippen LogP) is 4.32. The zero-order chi connectivity index (χ0) is 21.8. The van der Waals surface area contributed by atoms with Gasteiger partial charge in [0.25, 0.3) is 0 Å². The molecule has 0 radical (unpaired) electrons. The molecule has 31 heavy (non-hydrogen) atoms. The van der Waals surface area contributed by atoms with Crippen molar-refractivity contribution in [1.82, 2.24) is 19.7 Å². The number of ether oxygens (including phenoxy) is 2. The standard InChI is InChI=1S/C21H21N5O3S2/c1-4-26-19(13-9-10-15(28-2)16(11-13)29-3)24-25-21(26)30-12-18(27)23-20-22-14-7-5-6-8-17(14)31-20/h5-11H,4,12H2,1-3H3,(H,22,23,27). The van der Waals surface area contributed by atoms with Crippen LogP contribution in [0.3, 0.4) is 0 Å². The molecule has 2 aromatic heterocycles. The number of aromatic nitrogens is 4. The molecule has 0 aliphatic heterocycles. The summed E-state index contributed by atoms with van der Waals surface area (Å²) in [7, 11) is 3.19. The van der Waals surface area contributed by atoms with Crippen LogP contribution in [0, 0.1) is 0 Å². The molecule has 0 aliphatic rings. The van der Waals surface area contributed by atoms with Crippen molar-refractivity contribution in [3.05, 3.63) is 42.5 Å². The Morgan fingerprint density at radius 2 is 1.94 bits per heavy atom. The molecule has 10 heteroatoms. The Morgan fingerprint density at radius 1 is 1.13 bits per heavy atom. The third-order valence-electron chi connectivity index (χ3n) is 4.55. The van der Waals surface area contributed by atoms with Crippen molar-refractivity contribution in [3.63, 3.8) is 0 Å². The first-order valence-corrected chi connectivity index (χ1v) is 11.4. The molecule has 0 fully saturated rings. The van der Waals surface area contributed by atoms with Gasteiger partial charge in [0.1, 0.15) is 0 Å². The van der Waals surface area contributed by atoms with Crippen molar-refractivity contribution in [2.24, 2.45) is 0 Å². The summed E-state index contributed by atoms with van der Waals surface area (Å²) in [5, 5.41) is 12.7. The molecule has 0 saturated heterocycles. The second kappa shape index (κ2) is 9.36. The largest absolute Gasteiger partial charge is 0.493 e. The number of para-hydroxylation sites is 1. The van der Waals surface area contributed by atoms with Gasteiger partial charge in [-0.05, 0) is 37.3 Å². The molecule has 0 atom stereocenters. The van der Waals surface area contributed by atoms with E-state index in [0.29, 0.717) is 34.2 Å². The average Bonchev–Trinajstić information content (AvgIpc) is 3.40. The lowest BCUT2D eigenvalue weighted by Crippen LogP contribution is -2.14. The van der Waals surface area contributed by atoms with Gasteiger partial charge in [0, 0.05) is 12.1 Å². The molecule has 0 aliphatic carbocycles. The Balaban J connectivity index is 1.47. The monoisotopic (exact) mass is 455 g/mol. The predicted molar refractivity (Wildman–Crippen MR) is 123 cm³/mol. The molecule has 1 amide bonds. The van der Waals surface area contributed by atoms with Gasteiger partial charge in [-0.25, -0.2) is 4.98 Å². The Bertz CT molecular complexity index is 1190. The number of amides is 1. The van der Waals surface area contributed by atoms with Gasteiger partial charge in [-0.15, -0.1) is 10.2 Å². The highest BCUT2D eigenvalue weighted by Gasteiger charge is 2.17. The first-order chi connectivity index (χ1) is 15.1. The van der Waals surface area contributed by atoms with Gasteiger partial charge >= 0.3 is 0 Å². The number of hydrogen-bond acceptors (Lipinski definition) is 8. The van der Waals surface area contributed by atoms with E-state index in [4.69, 9.17) is 9.47 Å². The van der Waals surface area contributed by atoms with Crippen LogP contribution in [0.2, 0.25) is 0 Å². The number of benzene rings is 2. The molecule has 0 unspecified atom stereocenters. The quantitative estimate of drug-likeness (QED) is 0.396. The van der Waals surface area contributed by atoms with Gasteiger partial charge < -0.3 is 19.4 Å². The number of carbonyl (C=O) groups is 1. The van der Waals surface area contributed by atoms with Gasteiger partial charge in [0.15, 0.2) is 27.6 Å². The molecular formula is C21H21N5O3S2. The zero-order valence-corrected chi connectivity index (χ0v) is 18.9. The Hall–Kier alpha value is -3.11. The topological polar surface area (TPSA) is 91.2 Å². The lowest BCUT2D eigenvalue weighted by Gasteiger charge is -2.10. The average molecular weight is 456 g/mol. The minimum absolute atomic E-state index is 0.137. The fourth-order valence-corrected chi connectivity index (χ4v) is 4.76. The lowest BCUT2D eigenvalue weighted by atomic mass is 10.2. The van der Waals surface area contributed by atoms with Crippen LogP contribution in [-0.4, -0.2) is 45.6 Å². The molecule has 0 bridgehead atoms. The van der Waals surface area contributed by atoms with E-state index in [1.165, 1.54) is 23.1 Å². The molecule has 2 heterocycles. The number of fused-ring (bicyclic) bond motifs is 1. The normalized spacial score (nSPS) is 10.9. The van der Waals surface area contributed by atoms with Gasteiger partial charge in [-0.1, -0.05) is 35.2 Å². The fourth-order valence-electron chi connectivity index (χ4n) is 3.08. The fraction of sp³-hybridized carbons (Fsp3) is 0.238. The summed E-state index contributed by atoms with van der Waals surface area (Å²) in [6.45, 7) is 2.68. The highest BCUT2D eigenvalue weighted by atomic mass is 32.2. The second-order valence-electron chi connectivity index (χ2n) is 6.44. The first-order valence-electron chi connectivity index (χ1n) is 9.56. The van der Waals surface area contributed by atoms with Gasteiger partial charge in [-0.2, -0.15) is 0 Å². The van der Waals surface area contributed by atoms with Gasteiger partial charge in [0.2, 0.25) is 5.91 Å². The Labute approximate surface area is 187 Å². The van der Waals surface area contributed by atoms with Gasteiger partial charge in [-0.3, -0.25) is 4.79 Å². The zero-order valence-electron chi connectivity index (χ0n) is 17.3. The lowest BCUT2D eigenvalue weighted by molar-refractivity contribution is -0.113. The van der Waals surface area contributed by atoms with Crippen molar-refractivity contribution >= 4 is 44.4 Å². The number of carbonyl (C=O) groups excluding carboxylic acids is 1. The summed E-state index contributed by atoms with van der Waals surface area (Å²) in [5.41, 5.74) is 1.73. The Morgan fingerprint density at radius 3 is 2.68 bits per heavy atom. The molecular weight excluding hydrogens is 434 g/mol. The maximum Gasteiger partial charge on any atom is 0.236 e. The van der Waals surface area contributed by atoms with E-state index >= 15 is 0 Å². The number of anilines is 1. The minimum atomic E-state index is -0.137. The van der Waals surface area contributed by atoms with Crippen LogP contribution in [0.15, 0.2) is 47.6 Å². The number of rotatable bonds is 8. The number of methoxy groups -OCH3 is 2. The molecule has 4 aromatic rings. The maximum atomic E-state index is 12.4. The number of thioether (sulfide) groups is 1. The minimum Gasteiger partial charge on any atom is -0.493 e. The van der Waals surface area contributed by atoms with E-state index in [0.717, 1.165) is 15.8 Å². The van der Waals surface area contributed by atoms with Crippen LogP contribution in [0.5, 0.6) is 11.5 Å². The van der Waals surface area contributed by atoms with Crippen LogP contribution in [-0.2, 0) is 11.3 Å². The maximum absolute atomic E-state index is 12.4. The van der Waals surface area contributed by atoms with Crippen molar-refractivity contribution in [3.8, 4) is 22.9 Å². The van der Waals surface area contributed by atoms with Crippen LogP contribution in [0.25, 0.3) is 21.6 Å². The molecule has 0 saturated carbocycles. The van der Waals surface area contributed by atoms with Crippen molar-refractivity contribution < 1.29 is 14.3 Å². The second-order valence-corrected chi connectivity index (χ2v) is 8.42. The molecule has 0 spiro atoms. The van der Waals surface area contributed by atoms with Crippen molar-refractivity contribution in [2.75, 3.05) is 25.3 Å². The summed E-state index contributed by atoms with van der Waals surface area (Å²) < 4.78 is 13.7. The van der Waals surface area contributed by atoms with Crippen molar-refractivity contribution in [1.29, 1.82) is 0 Å². The van der Waals surface area contributed by atoms with E-state index < -0.39 is 0 Å². The highest BCUT2D eigenvalue weighted by molar-refractivity contribution is 7.99. The van der Waals surface area contributed by atoms with E-state index in [2.05, 4.69) is 20.5 Å². The summed E-state index contributed by atoms with van der Waals surface area (Å²) in [5.74, 6) is 2.05. The SMILES string of the molecule is CCn1c(SCC(=O)Nc2nc3ccccc3s2)nnc1-c1ccc(OC)c(OC)c1. The summed E-state index contributed by atoms with van der Waals surface area (Å²) in [6, 6.07) is 13.4. The van der Waals surface area contributed by atoms with E-state index in [1.807, 2.05) is 54.0 Å².